The number of aliphatic hydroxyl groups excluding tert-OH is 4. The van der Waals surface area contributed by atoms with E-state index in [0.717, 1.165) is 19.5 Å². The summed E-state index contributed by atoms with van der Waals surface area (Å²) in [6.45, 7) is 4.15. The highest BCUT2D eigenvalue weighted by molar-refractivity contribution is 7.99. The third kappa shape index (κ3) is 5.38. The van der Waals surface area contributed by atoms with Crippen molar-refractivity contribution in [2.45, 2.75) is 60.1 Å². The highest BCUT2D eigenvalue weighted by Gasteiger charge is 2.43. The van der Waals surface area contributed by atoms with Crippen molar-refractivity contribution in [3.8, 4) is 0 Å². The van der Waals surface area contributed by atoms with Crippen LogP contribution in [0.25, 0.3) is 0 Å². The van der Waals surface area contributed by atoms with Crippen LogP contribution in [0.15, 0.2) is 52.3 Å². The van der Waals surface area contributed by atoms with E-state index in [9.17, 15) is 20.4 Å². The van der Waals surface area contributed by atoms with E-state index >= 15 is 0 Å². The SMILES string of the molecule is Cc1ccc2c(c1)N(CCCN(C)CCC1O[C@H](CO)[C@@H](O)[C@H](O)[C@H]1O)c1ccccc1S2. The predicted molar refractivity (Wildman–Crippen MR) is 129 cm³/mol. The van der Waals surface area contributed by atoms with Gasteiger partial charge in [-0.25, -0.2) is 0 Å². The molecule has 0 aromatic heterocycles. The van der Waals surface area contributed by atoms with Crippen molar-refractivity contribution >= 4 is 23.1 Å². The lowest BCUT2D eigenvalue weighted by molar-refractivity contribution is -0.230. The lowest BCUT2D eigenvalue weighted by Crippen LogP contribution is -2.58. The van der Waals surface area contributed by atoms with Gasteiger partial charge in [-0.3, -0.25) is 0 Å². The van der Waals surface area contributed by atoms with Crippen LogP contribution < -0.4 is 4.90 Å². The van der Waals surface area contributed by atoms with E-state index < -0.39 is 37.1 Å². The number of benzene rings is 2. The number of nitrogens with zero attached hydrogens (tertiary/aromatic N) is 2. The minimum absolute atomic E-state index is 0.395. The van der Waals surface area contributed by atoms with Crippen LogP contribution in [0.5, 0.6) is 0 Å². The second kappa shape index (κ2) is 10.7. The summed E-state index contributed by atoms with van der Waals surface area (Å²) in [7, 11) is 2.03. The Morgan fingerprint density at radius 1 is 0.939 bits per heavy atom. The molecule has 180 valence electrons. The maximum Gasteiger partial charge on any atom is 0.111 e. The Bertz CT molecular complexity index is 943. The van der Waals surface area contributed by atoms with E-state index in [1.807, 2.05) is 18.8 Å². The number of rotatable bonds is 8. The van der Waals surface area contributed by atoms with Gasteiger partial charge in [-0.1, -0.05) is 30.0 Å². The molecule has 0 amide bonds. The summed E-state index contributed by atoms with van der Waals surface area (Å²) in [5, 5.41) is 39.5. The molecule has 4 N–H and O–H groups in total. The Hall–Kier alpha value is -1.65. The van der Waals surface area contributed by atoms with Crippen molar-refractivity contribution in [1.82, 2.24) is 4.90 Å². The molecule has 0 saturated carbocycles. The standard InChI is InChI=1S/C25H34N2O5S/c1-16-8-9-22-18(14-16)27(17-6-3-4-7-21(17)33-22)12-5-11-26(2)13-10-19-23(29)25(31)24(30)20(15-28)32-19/h3-4,6-9,14,19-20,23-25,28-31H,5,10-13,15H2,1-2H3/t19?,20-,23+,24-,25-/m1/s1. The van der Waals surface area contributed by atoms with Gasteiger partial charge < -0.3 is 35.0 Å². The largest absolute Gasteiger partial charge is 0.394 e. The average Bonchev–Trinajstić information content (AvgIpc) is 2.82. The van der Waals surface area contributed by atoms with E-state index in [4.69, 9.17) is 4.74 Å². The van der Waals surface area contributed by atoms with Crippen LogP contribution >= 0.6 is 11.8 Å². The van der Waals surface area contributed by atoms with E-state index in [-0.39, 0.29) is 0 Å². The molecule has 1 saturated heterocycles. The van der Waals surface area contributed by atoms with Gasteiger partial charge in [0.15, 0.2) is 0 Å². The highest BCUT2D eigenvalue weighted by atomic mass is 32.2. The molecule has 1 unspecified atom stereocenters. The van der Waals surface area contributed by atoms with Crippen molar-refractivity contribution in [2.24, 2.45) is 0 Å². The third-order valence-electron chi connectivity index (χ3n) is 6.49. The van der Waals surface area contributed by atoms with Crippen LogP contribution in [0.2, 0.25) is 0 Å². The van der Waals surface area contributed by atoms with Crippen molar-refractivity contribution in [1.29, 1.82) is 0 Å². The summed E-state index contributed by atoms with van der Waals surface area (Å²) in [5.74, 6) is 0. The van der Waals surface area contributed by atoms with Crippen molar-refractivity contribution in [3.63, 3.8) is 0 Å². The van der Waals surface area contributed by atoms with Gasteiger partial charge in [0.1, 0.15) is 24.4 Å². The summed E-state index contributed by atoms with van der Waals surface area (Å²) < 4.78 is 5.62. The maximum atomic E-state index is 10.2. The molecule has 33 heavy (non-hydrogen) atoms. The van der Waals surface area contributed by atoms with E-state index in [1.165, 1.54) is 26.7 Å². The lowest BCUT2D eigenvalue weighted by Gasteiger charge is -2.40. The second-order valence-electron chi connectivity index (χ2n) is 9.01. The fraction of sp³-hybridized carbons (Fsp3) is 0.520. The number of fused-ring (bicyclic) bond motifs is 2. The summed E-state index contributed by atoms with van der Waals surface area (Å²) in [6, 6.07) is 15.1. The zero-order valence-corrected chi connectivity index (χ0v) is 20.0. The van der Waals surface area contributed by atoms with Crippen LogP contribution in [-0.4, -0.2) is 89.1 Å². The van der Waals surface area contributed by atoms with E-state index in [2.05, 4.69) is 59.2 Å². The molecule has 0 spiro atoms. The zero-order valence-electron chi connectivity index (χ0n) is 19.2. The van der Waals surface area contributed by atoms with Gasteiger partial charge in [-0.2, -0.15) is 0 Å². The molecular formula is C25H34N2O5S. The normalized spacial score (nSPS) is 26.9. The molecule has 2 heterocycles. The highest BCUT2D eigenvalue weighted by Crippen LogP contribution is 2.48. The van der Waals surface area contributed by atoms with Crippen LogP contribution in [0.1, 0.15) is 18.4 Å². The molecule has 0 radical (unpaired) electrons. The molecule has 0 aliphatic carbocycles. The number of aliphatic hydroxyl groups is 4. The van der Waals surface area contributed by atoms with Gasteiger partial charge in [-0.05, 0) is 63.2 Å². The number of ether oxygens (including phenoxy) is 1. The Morgan fingerprint density at radius 2 is 1.67 bits per heavy atom. The Labute approximate surface area is 199 Å². The van der Waals surface area contributed by atoms with Crippen molar-refractivity contribution in [3.05, 3.63) is 48.0 Å². The zero-order chi connectivity index (χ0) is 23.5. The van der Waals surface area contributed by atoms with Crippen molar-refractivity contribution < 1.29 is 25.2 Å². The van der Waals surface area contributed by atoms with E-state index in [1.54, 1.807) is 0 Å². The molecule has 2 aliphatic heterocycles. The van der Waals surface area contributed by atoms with Gasteiger partial charge in [0.05, 0.1) is 24.1 Å². The fourth-order valence-corrected chi connectivity index (χ4v) is 5.63. The van der Waals surface area contributed by atoms with Crippen LogP contribution in [-0.2, 0) is 4.74 Å². The molecule has 4 rings (SSSR count). The lowest BCUT2D eigenvalue weighted by atomic mass is 9.93. The predicted octanol–water partition coefficient (Wildman–Crippen LogP) is 2.15. The summed E-state index contributed by atoms with van der Waals surface area (Å²) in [4.78, 5) is 7.13. The summed E-state index contributed by atoms with van der Waals surface area (Å²) in [6.07, 6.45) is -3.80. The number of anilines is 2. The summed E-state index contributed by atoms with van der Waals surface area (Å²) in [5.41, 5.74) is 3.74. The molecule has 2 aliphatic rings. The molecule has 2 aromatic rings. The molecular weight excluding hydrogens is 440 g/mol. The molecule has 1 fully saturated rings. The molecule has 8 heteroatoms. The fourth-order valence-electron chi connectivity index (χ4n) is 4.56. The van der Waals surface area contributed by atoms with Crippen LogP contribution in [0.4, 0.5) is 11.4 Å². The van der Waals surface area contributed by atoms with Crippen molar-refractivity contribution in [2.75, 3.05) is 38.2 Å². The summed E-state index contributed by atoms with van der Waals surface area (Å²) >= 11 is 1.82. The number of hydrogen-bond donors (Lipinski definition) is 4. The van der Waals surface area contributed by atoms with Gasteiger partial charge in [0.2, 0.25) is 0 Å². The van der Waals surface area contributed by atoms with Gasteiger partial charge >= 0.3 is 0 Å². The number of para-hydroxylation sites is 1. The molecule has 2 aromatic carbocycles. The molecule has 0 bridgehead atoms. The first kappa shape index (κ1) is 24.5. The monoisotopic (exact) mass is 474 g/mol. The number of hydrogen-bond acceptors (Lipinski definition) is 8. The maximum absolute atomic E-state index is 10.2. The minimum Gasteiger partial charge on any atom is -0.394 e. The van der Waals surface area contributed by atoms with Crippen LogP contribution in [0.3, 0.4) is 0 Å². The number of aryl methyl sites for hydroxylation is 1. The first-order valence-electron chi connectivity index (χ1n) is 11.5. The third-order valence-corrected chi connectivity index (χ3v) is 7.62. The van der Waals surface area contributed by atoms with E-state index in [0.29, 0.717) is 13.0 Å². The Balaban J connectivity index is 1.33. The quantitative estimate of drug-likeness (QED) is 0.462. The molecule has 7 nitrogen and oxygen atoms in total. The Kier molecular flexibility index (Phi) is 7.96. The topological polar surface area (TPSA) is 96.6 Å². The first-order valence-corrected chi connectivity index (χ1v) is 12.3. The second-order valence-corrected chi connectivity index (χ2v) is 10.1. The minimum atomic E-state index is -1.31. The van der Waals surface area contributed by atoms with Gasteiger partial charge in [0, 0.05) is 22.9 Å². The van der Waals surface area contributed by atoms with Gasteiger partial charge in [-0.15, -0.1) is 0 Å². The smallest absolute Gasteiger partial charge is 0.111 e. The van der Waals surface area contributed by atoms with Gasteiger partial charge in [0.25, 0.3) is 0 Å². The first-order chi connectivity index (χ1) is 15.9. The average molecular weight is 475 g/mol. The molecule has 5 atom stereocenters. The van der Waals surface area contributed by atoms with Crippen LogP contribution in [0, 0.1) is 6.92 Å². The Morgan fingerprint density at radius 3 is 2.45 bits per heavy atom.